The third-order valence-electron chi connectivity index (χ3n) is 6.59. The minimum atomic E-state index is -3.77. The van der Waals surface area contributed by atoms with Crippen LogP contribution in [-0.2, 0) is 32.5 Å². The van der Waals surface area contributed by atoms with Crippen molar-refractivity contribution in [3.8, 4) is 11.8 Å². The van der Waals surface area contributed by atoms with Crippen LogP contribution in [-0.4, -0.2) is 71.5 Å². The highest BCUT2D eigenvalue weighted by molar-refractivity contribution is 7.92. The number of sulfone groups is 1. The van der Waals surface area contributed by atoms with Crippen LogP contribution in [0.15, 0.2) is 48.7 Å². The van der Waals surface area contributed by atoms with Gasteiger partial charge in [0.25, 0.3) is 5.91 Å². The van der Waals surface area contributed by atoms with E-state index in [0.29, 0.717) is 0 Å². The summed E-state index contributed by atoms with van der Waals surface area (Å²) in [4.78, 5) is 14.4. The van der Waals surface area contributed by atoms with Gasteiger partial charge in [0.15, 0.2) is 14.6 Å². The summed E-state index contributed by atoms with van der Waals surface area (Å²) in [5.74, 6) is 5.42. The van der Waals surface area contributed by atoms with E-state index in [1.165, 1.54) is 18.0 Å². The molecule has 1 aromatic heterocycles. The van der Waals surface area contributed by atoms with E-state index in [2.05, 4.69) is 34.0 Å². The Balaban J connectivity index is 1.43. The Kier molecular flexibility index (Phi) is 7.76. The van der Waals surface area contributed by atoms with Gasteiger partial charge >= 0.3 is 0 Å². The lowest BCUT2D eigenvalue weighted by Gasteiger charge is -2.26. The van der Waals surface area contributed by atoms with Gasteiger partial charge in [0, 0.05) is 55.1 Å². The Hall–Kier alpha value is -3.23. The van der Waals surface area contributed by atoms with Crippen LogP contribution in [0.2, 0.25) is 0 Å². The van der Waals surface area contributed by atoms with E-state index in [1.807, 2.05) is 30.3 Å². The van der Waals surface area contributed by atoms with Crippen molar-refractivity contribution < 1.29 is 23.2 Å². The van der Waals surface area contributed by atoms with E-state index in [4.69, 9.17) is 9.94 Å². The zero-order chi connectivity index (χ0) is 25.8. The van der Waals surface area contributed by atoms with Gasteiger partial charge in [0.05, 0.1) is 18.7 Å². The first kappa shape index (κ1) is 25.9. The molecule has 0 radical (unpaired) electrons. The predicted octanol–water partition coefficient (Wildman–Crippen LogP) is 1.97. The summed E-state index contributed by atoms with van der Waals surface area (Å²) in [6, 6.07) is 13.9. The molecule has 9 nitrogen and oxygen atoms in total. The Morgan fingerprint density at radius 2 is 1.81 bits per heavy atom. The van der Waals surface area contributed by atoms with Crippen molar-refractivity contribution >= 4 is 26.6 Å². The normalized spacial score (nSPS) is 16.2. The van der Waals surface area contributed by atoms with Gasteiger partial charge in [0.1, 0.15) is 0 Å². The maximum absolute atomic E-state index is 12.2. The summed E-state index contributed by atoms with van der Waals surface area (Å²) in [5, 5.41) is 14.3. The molecule has 1 fully saturated rings. The number of benzene rings is 2. The molecule has 1 amide bonds. The first-order valence-corrected chi connectivity index (χ1v) is 13.6. The average molecular weight is 511 g/mol. The molecule has 1 atom stereocenters. The van der Waals surface area contributed by atoms with Gasteiger partial charge in [-0.1, -0.05) is 24.0 Å². The monoisotopic (exact) mass is 510 g/mol. The number of amides is 1. The molecule has 10 heteroatoms. The van der Waals surface area contributed by atoms with E-state index in [1.54, 1.807) is 10.9 Å². The van der Waals surface area contributed by atoms with E-state index in [9.17, 15) is 13.2 Å². The highest BCUT2D eigenvalue weighted by Crippen LogP contribution is 2.23. The maximum Gasteiger partial charge on any atom is 0.264 e. The molecule has 1 aliphatic rings. The number of morpholine rings is 1. The number of hydroxylamine groups is 1. The summed E-state index contributed by atoms with van der Waals surface area (Å²) in [6.07, 6.45) is 2.73. The minimum Gasteiger partial charge on any atom is -0.379 e. The lowest BCUT2D eigenvalue weighted by molar-refractivity contribution is -0.131. The van der Waals surface area contributed by atoms with Crippen molar-refractivity contribution in [3.05, 3.63) is 65.4 Å². The van der Waals surface area contributed by atoms with Gasteiger partial charge < -0.3 is 4.74 Å². The molecule has 3 aromatic rings. The fourth-order valence-corrected chi connectivity index (χ4v) is 4.88. The predicted molar refractivity (Wildman–Crippen MR) is 136 cm³/mol. The molecular weight excluding hydrogens is 480 g/mol. The largest absolute Gasteiger partial charge is 0.379 e. The van der Waals surface area contributed by atoms with Gasteiger partial charge in [-0.2, -0.15) is 5.10 Å². The van der Waals surface area contributed by atoms with E-state index in [0.717, 1.165) is 61.1 Å². The van der Waals surface area contributed by atoms with Crippen LogP contribution in [0.3, 0.4) is 0 Å². The summed E-state index contributed by atoms with van der Waals surface area (Å²) in [5.41, 5.74) is 5.21. The molecule has 2 aromatic carbocycles. The lowest BCUT2D eigenvalue weighted by Crippen LogP contribution is -2.49. The summed E-state index contributed by atoms with van der Waals surface area (Å²) < 4.78 is 29.6. The number of aromatic nitrogens is 2. The van der Waals surface area contributed by atoms with Crippen LogP contribution in [0, 0.1) is 11.8 Å². The number of nitrogens with zero attached hydrogens (tertiary/aromatic N) is 3. The second kappa shape index (κ2) is 10.8. The third-order valence-corrected chi connectivity index (χ3v) is 8.61. The smallest absolute Gasteiger partial charge is 0.264 e. The van der Waals surface area contributed by atoms with E-state index in [-0.39, 0.29) is 13.0 Å². The Bertz CT molecular complexity index is 1400. The topological polar surface area (TPSA) is 114 Å². The first-order chi connectivity index (χ1) is 17.2. The van der Waals surface area contributed by atoms with Gasteiger partial charge in [0.2, 0.25) is 0 Å². The van der Waals surface area contributed by atoms with Crippen LogP contribution in [0.25, 0.3) is 10.9 Å². The molecule has 0 aliphatic carbocycles. The fraction of sp³-hybridized carbons (Fsp3) is 0.385. The Labute approximate surface area is 210 Å². The maximum atomic E-state index is 12.2. The molecule has 190 valence electrons. The molecule has 1 saturated heterocycles. The number of hydrogen-bond donors (Lipinski definition) is 2. The molecule has 2 heterocycles. The quantitative estimate of drug-likeness (QED) is 0.284. The zero-order valence-electron chi connectivity index (χ0n) is 20.4. The summed E-state index contributed by atoms with van der Waals surface area (Å²) >= 11 is 0. The Morgan fingerprint density at radius 1 is 1.14 bits per heavy atom. The molecule has 0 saturated carbocycles. The van der Waals surface area contributed by atoms with Crippen molar-refractivity contribution in [1.82, 2.24) is 20.2 Å². The number of nitrogens with one attached hydrogen (secondary N) is 1. The number of rotatable bonds is 7. The number of carbonyl (C=O) groups is 1. The summed E-state index contributed by atoms with van der Waals surface area (Å²) in [6.45, 7) is 5.86. The highest BCUT2D eigenvalue weighted by atomic mass is 32.2. The van der Waals surface area contributed by atoms with E-state index >= 15 is 0 Å². The Morgan fingerprint density at radius 3 is 2.47 bits per heavy atom. The van der Waals surface area contributed by atoms with Gasteiger partial charge in [-0.3, -0.25) is 19.6 Å². The number of hydrogen-bond acceptors (Lipinski definition) is 7. The minimum absolute atomic E-state index is 0.0413. The number of ether oxygens (including phenoxy) is 1. The van der Waals surface area contributed by atoms with E-state index < -0.39 is 20.5 Å². The SMILES string of the molecule is C[C@@](CCn1cc2cc(C#Cc3ccc(CN4CCOCC4)cc3)ccc2n1)(C(=O)NO)S(C)(=O)=O. The van der Waals surface area contributed by atoms with Crippen molar-refractivity contribution in [2.75, 3.05) is 32.6 Å². The average Bonchev–Trinajstić information content (AvgIpc) is 3.28. The van der Waals surface area contributed by atoms with Crippen molar-refractivity contribution in [3.63, 3.8) is 0 Å². The lowest BCUT2D eigenvalue weighted by atomic mass is 10.1. The van der Waals surface area contributed by atoms with Gasteiger partial charge in [-0.05, 0) is 49.2 Å². The second-order valence-electron chi connectivity index (χ2n) is 9.20. The molecule has 4 rings (SSSR count). The van der Waals surface area contributed by atoms with Crippen LogP contribution >= 0.6 is 0 Å². The molecule has 0 bridgehead atoms. The van der Waals surface area contributed by atoms with Crippen LogP contribution in [0.4, 0.5) is 0 Å². The van der Waals surface area contributed by atoms with Gasteiger partial charge in [-0.25, -0.2) is 13.9 Å². The van der Waals surface area contributed by atoms with Crippen LogP contribution in [0.5, 0.6) is 0 Å². The number of carbonyl (C=O) groups excluding carboxylic acids is 1. The van der Waals surface area contributed by atoms with Crippen molar-refractivity contribution in [2.45, 2.75) is 31.2 Å². The molecule has 0 spiro atoms. The van der Waals surface area contributed by atoms with Crippen LogP contribution < -0.4 is 5.48 Å². The van der Waals surface area contributed by atoms with Crippen molar-refractivity contribution in [2.24, 2.45) is 0 Å². The molecular formula is C26H30N4O5S. The zero-order valence-corrected chi connectivity index (χ0v) is 21.2. The second-order valence-corrected chi connectivity index (χ2v) is 11.6. The highest BCUT2D eigenvalue weighted by Gasteiger charge is 2.43. The third kappa shape index (κ3) is 5.94. The first-order valence-electron chi connectivity index (χ1n) is 11.7. The molecule has 0 unspecified atom stereocenters. The molecule has 2 N–H and O–H groups in total. The van der Waals surface area contributed by atoms with Crippen molar-refractivity contribution in [1.29, 1.82) is 0 Å². The summed E-state index contributed by atoms with van der Waals surface area (Å²) in [7, 11) is -3.77. The standard InChI is InChI=1S/C26H30N4O5S/c1-26(25(31)28-32,36(2,33)34)11-12-30-19-23-17-21(9-10-24(23)27-30)6-3-20-4-7-22(8-5-20)18-29-13-15-35-16-14-29/h4-5,7-10,17,19,32H,11-16,18H2,1-2H3,(H,28,31)/t26-/m1/s1. The number of fused-ring (bicyclic) bond motifs is 1. The van der Waals surface area contributed by atoms with Crippen LogP contribution in [0.1, 0.15) is 30.0 Å². The molecule has 36 heavy (non-hydrogen) atoms. The van der Waals surface area contributed by atoms with Gasteiger partial charge in [-0.15, -0.1) is 0 Å². The fourth-order valence-electron chi connectivity index (χ4n) is 4.04. The molecule has 1 aliphatic heterocycles. The number of aryl methyl sites for hydroxylation is 1.